The molecule has 0 spiro atoms. The largest absolute Gasteiger partial charge is 0.363 e. The Balaban J connectivity index is 1.45. The number of nitrogens with zero attached hydrogens (tertiary/aromatic N) is 4. The van der Waals surface area contributed by atoms with Crippen LogP contribution in [0.15, 0.2) is 54.0 Å². The van der Waals surface area contributed by atoms with Crippen molar-refractivity contribution in [2.75, 3.05) is 16.8 Å². The minimum atomic E-state index is -0.163. The van der Waals surface area contributed by atoms with Gasteiger partial charge in [0.15, 0.2) is 5.13 Å². The third-order valence-electron chi connectivity index (χ3n) is 5.90. The van der Waals surface area contributed by atoms with E-state index in [9.17, 15) is 4.79 Å². The van der Waals surface area contributed by atoms with Crippen LogP contribution in [0.3, 0.4) is 0 Å². The van der Waals surface area contributed by atoms with Crippen molar-refractivity contribution < 1.29 is 4.79 Å². The first-order valence-electron chi connectivity index (χ1n) is 10.8. The molecule has 0 aliphatic carbocycles. The van der Waals surface area contributed by atoms with Crippen LogP contribution in [-0.4, -0.2) is 22.0 Å². The van der Waals surface area contributed by atoms with Gasteiger partial charge in [-0.1, -0.05) is 31.5 Å². The SMILES string of the molecule is CCC(CC#N)Cn1cccc1C(=O)Nc1nc([C@H]2CCCN2c2ccccc2)cs1. The summed E-state index contributed by atoms with van der Waals surface area (Å²) in [4.78, 5) is 20.0. The fourth-order valence-electron chi connectivity index (χ4n) is 4.19. The first-order chi connectivity index (χ1) is 15.2. The Hall–Kier alpha value is -3.11. The lowest BCUT2D eigenvalue weighted by Gasteiger charge is -2.25. The van der Waals surface area contributed by atoms with E-state index in [2.05, 4.69) is 52.9 Å². The van der Waals surface area contributed by atoms with E-state index in [1.165, 1.54) is 17.0 Å². The zero-order valence-electron chi connectivity index (χ0n) is 17.7. The van der Waals surface area contributed by atoms with E-state index in [0.717, 1.165) is 31.5 Å². The molecule has 3 heterocycles. The zero-order chi connectivity index (χ0) is 21.6. The summed E-state index contributed by atoms with van der Waals surface area (Å²) in [5.74, 6) is 0.0748. The average Bonchev–Trinajstić information content (AvgIpc) is 3.54. The zero-order valence-corrected chi connectivity index (χ0v) is 18.5. The van der Waals surface area contributed by atoms with Crippen molar-refractivity contribution in [1.82, 2.24) is 9.55 Å². The van der Waals surface area contributed by atoms with Crippen LogP contribution in [0.2, 0.25) is 0 Å². The summed E-state index contributed by atoms with van der Waals surface area (Å²) in [7, 11) is 0. The lowest BCUT2D eigenvalue weighted by atomic mass is 10.0. The number of rotatable bonds is 8. The van der Waals surface area contributed by atoms with Crippen molar-refractivity contribution in [3.8, 4) is 6.07 Å². The topological polar surface area (TPSA) is 74.0 Å². The van der Waals surface area contributed by atoms with Gasteiger partial charge in [-0.3, -0.25) is 10.1 Å². The second kappa shape index (κ2) is 9.80. The highest BCUT2D eigenvalue weighted by Crippen LogP contribution is 2.37. The highest BCUT2D eigenvalue weighted by molar-refractivity contribution is 7.14. The normalized spacial score (nSPS) is 16.8. The summed E-state index contributed by atoms with van der Waals surface area (Å²) in [6.45, 7) is 3.75. The molecule has 6 nitrogen and oxygen atoms in total. The smallest absolute Gasteiger partial charge is 0.274 e. The highest BCUT2D eigenvalue weighted by Gasteiger charge is 2.28. The van der Waals surface area contributed by atoms with Gasteiger partial charge >= 0.3 is 0 Å². The molecule has 1 aliphatic rings. The third kappa shape index (κ3) is 4.80. The minimum Gasteiger partial charge on any atom is -0.363 e. The Morgan fingerprint density at radius 1 is 1.32 bits per heavy atom. The maximum Gasteiger partial charge on any atom is 0.274 e. The van der Waals surface area contributed by atoms with E-state index in [-0.39, 0.29) is 17.9 Å². The van der Waals surface area contributed by atoms with Crippen molar-refractivity contribution in [2.24, 2.45) is 5.92 Å². The summed E-state index contributed by atoms with van der Waals surface area (Å²) in [6, 6.07) is 16.6. The van der Waals surface area contributed by atoms with Crippen LogP contribution < -0.4 is 10.2 Å². The van der Waals surface area contributed by atoms with Crippen LogP contribution >= 0.6 is 11.3 Å². The first kappa shape index (κ1) is 21.1. The Morgan fingerprint density at radius 2 is 2.16 bits per heavy atom. The van der Waals surface area contributed by atoms with Gasteiger partial charge in [0, 0.05) is 36.8 Å². The molecule has 3 aromatic rings. The number of nitrogens with one attached hydrogen (secondary N) is 1. The van der Waals surface area contributed by atoms with E-state index in [1.807, 2.05) is 29.0 Å². The number of carbonyl (C=O) groups is 1. The fraction of sp³-hybridized carbons (Fsp3) is 0.375. The molecule has 0 saturated carbocycles. The van der Waals surface area contributed by atoms with Crippen LogP contribution in [0.5, 0.6) is 0 Å². The van der Waals surface area contributed by atoms with Gasteiger partial charge in [0.1, 0.15) is 5.69 Å². The Bertz CT molecular complexity index is 1050. The standard InChI is InChI=1S/C24H27N5OS/c1-2-18(12-13-25)16-28-14-6-11-22(28)23(30)27-24-26-20(17-31-24)21-10-7-15-29(21)19-8-4-3-5-9-19/h3-6,8-9,11,14,17-18,21H,2,7,10,12,15-16H2,1H3,(H,26,27,30)/t18?,21-/m1/s1. The van der Waals surface area contributed by atoms with Gasteiger partial charge in [0.2, 0.25) is 0 Å². The Kier molecular flexibility index (Phi) is 6.68. The number of aromatic nitrogens is 2. The number of benzene rings is 1. The molecule has 0 radical (unpaired) electrons. The molecule has 1 amide bonds. The number of amides is 1. The first-order valence-corrected chi connectivity index (χ1v) is 11.7. The number of hydrogen-bond acceptors (Lipinski definition) is 5. The molecule has 0 bridgehead atoms. The lowest BCUT2D eigenvalue weighted by molar-refractivity contribution is 0.101. The minimum absolute atomic E-state index is 0.163. The molecule has 2 aromatic heterocycles. The molecule has 1 N–H and O–H groups in total. The van der Waals surface area contributed by atoms with Crippen molar-refractivity contribution in [2.45, 2.75) is 45.2 Å². The molecule has 1 fully saturated rings. The molecule has 2 atom stereocenters. The molecule has 7 heteroatoms. The number of nitriles is 1. The van der Waals surface area contributed by atoms with Crippen molar-refractivity contribution >= 4 is 28.1 Å². The summed E-state index contributed by atoms with van der Waals surface area (Å²) >= 11 is 1.47. The number of para-hydroxylation sites is 1. The fourth-order valence-corrected chi connectivity index (χ4v) is 4.94. The van der Waals surface area contributed by atoms with E-state index >= 15 is 0 Å². The molecular formula is C24H27N5OS. The maximum atomic E-state index is 12.9. The molecule has 160 valence electrons. The number of carbonyl (C=O) groups excluding carboxylic acids is 1. The quantitative estimate of drug-likeness (QED) is 0.511. The van der Waals surface area contributed by atoms with Gasteiger partial charge in [-0.2, -0.15) is 5.26 Å². The molecule has 31 heavy (non-hydrogen) atoms. The van der Waals surface area contributed by atoms with Crippen LogP contribution in [0.4, 0.5) is 10.8 Å². The van der Waals surface area contributed by atoms with Crippen LogP contribution in [0, 0.1) is 17.2 Å². The molecule has 1 unspecified atom stereocenters. The molecule has 1 aromatic carbocycles. The predicted octanol–water partition coefficient (Wildman–Crippen LogP) is 5.48. The van der Waals surface area contributed by atoms with E-state index in [4.69, 9.17) is 10.2 Å². The second-order valence-electron chi connectivity index (χ2n) is 7.90. The summed E-state index contributed by atoms with van der Waals surface area (Å²) < 4.78 is 1.93. The number of thiazole rings is 1. The molecule has 4 rings (SSSR count). The third-order valence-corrected chi connectivity index (χ3v) is 6.67. The van der Waals surface area contributed by atoms with Crippen LogP contribution in [0.1, 0.15) is 54.8 Å². The average molecular weight is 434 g/mol. The van der Waals surface area contributed by atoms with Crippen LogP contribution in [-0.2, 0) is 6.54 Å². The van der Waals surface area contributed by atoms with Crippen molar-refractivity contribution in [3.05, 3.63) is 65.4 Å². The molecule has 1 aliphatic heterocycles. The summed E-state index contributed by atoms with van der Waals surface area (Å²) in [6.07, 6.45) is 5.49. The van der Waals surface area contributed by atoms with E-state index < -0.39 is 0 Å². The van der Waals surface area contributed by atoms with Crippen molar-refractivity contribution in [1.29, 1.82) is 5.26 Å². The molecular weight excluding hydrogens is 406 g/mol. The summed E-state index contributed by atoms with van der Waals surface area (Å²) in [5, 5.41) is 14.7. The number of anilines is 2. The summed E-state index contributed by atoms with van der Waals surface area (Å²) in [5.41, 5.74) is 2.82. The maximum absolute atomic E-state index is 12.9. The van der Waals surface area contributed by atoms with Gasteiger partial charge in [0.25, 0.3) is 5.91 Å². The van der Waals surface area contributed by atoms with Gasteiger partial charge in [0.05, 0.1) is 17.8 Å². The van der Waals surface area contributed by atoms with Gasteiger partial charge in [-0.15, -0.1) is 11.3 Å². The van der Waals surface area contributed by atoms with E-state index in [0.29, 0.717) is 23.8 Å². The van der Waals surface area contributed by atoms with Gasteiger partial charge in [-0.05, 0) is 43.0 Å². The highest BCUT2D eigenvalue weighted by atomic mass is 32.1. The van der Waals surface area contributed by atoms with Crippen LogP contribution in [0.25, 0.3) is 0 Å². The predicted molar refractivity (Wildman–Crippen MR) is 124 cm³/mol. The molecule has 1 saturated heterocycles. The monoisotopic (exact) mass is 433 g/mol. The lowest BCUT2D eigenvalue weighted by Crippen LogP contribution is -2.23. The second-order valence-corrected chi connectivity index (χ2v) is 8.76. The Morgan fingerprint density at radius 3 is 2.94 bits per heavy atom. The van der Waals surface area contributed by atoms with E-state index in [1.54, 1.807) is 0 Å². The number of hydrogen-bond donors (Lipinski definition) is 1. The Labute approximate surface area is 187 Å². The van der Waals surface area contributed by atoms with Gasteiger partial charge in [-0.25, -0.2) is 4.98 Å². The van der Waals surface area contributed by atoms with Crippen molar-refractivity contribution in [3.63, 3.8) is 0 Å². The van der Waals surface area contributed by atoms with Gasteiger partial charge < -0.3 is 9.47 Å².